The molecule has 13 nitrogen and oxygen atoms in total. The minimum atomic E-state index is -1.39. The Labute approximate surface area is 185 Å². The van der Waals surface area contributed by atoms with E-state index < -0.39 is 60.4 Å². The fraction of sp³-hybridized carbons (Fsp3) is 0.706. The fourth-order valence-electron chi connectivity index (χ4n) is 2.41. The van der Waals surface area contributed by atoms with Gasteiger partial charge >= 0.3 is 5.97 Å². The standard InChI is InChI=1S/C17H32N6O7S/c18-6-2-1-3-10(21-14(26)9(19)7-24)15(27)23-12(8-31)16(28)22-11(17(29)30)4-5-13(20)25/h9-12,24,31H,1-8,18-19H2,(H2,20,25)(H,21,26)(H,22,28)(H,23,27)(H,29,30). The van der Waals surface area contributed by atoms with Crippen LogP contribution in [0.5, 0.6) is 0 Å². The summed E-state index contributed by atoms with van der Waals surface area (Å²) in [5, 5.41) is 25.2. The average molecular weight is 465 g/mol. The normalized spacial score (nSPS) is 14.6. The molecule has 0 fully saturated rings. The molecule has 4 unspecified atom stereocenters. The largest absolute Gasteiger partial charge is 0.480 e. The van der Waals surface area contributed by atoms with Gasteiger partial charge in [0.15, 0.2) is 0 Å². The molecule has 4 amide bonds. The Kier molecular flexibility index (Phi) is 14.2. The van der Waals surface area contributed by atoms with Crippen molar-refractivity contribution in [3.05, 3.63) is 0 Å². The third-order valence-electron chi connectivity index (χ3n) is 4.22. The second-order valence-electron chi connectivity index (χ2n) is 6.78. The first kappa shape index (κ1) is 28.6. The second-order valence-corrected chi connectivity index (χ2v) is 7.15. The van der Waals surface area contributed by atoms with E-state index in [1.54, 1.807) is 0 Å². The Morgan fingerprint density at radius 1 is 0.871 bits per heavy atom. The van der Waals surface area contributed by atoms with E-state index in [4.69, 9.17) is 22.3 Å². The van der Waals surface area contributed by atoms with E-state index in [9.17, 15) is 29.1 Å². The number of unbranched alkanes of at least 4 members (excludes halogenated alkanes) is 1. The Balaban J connectivity index is 5.17. The lowest BCUT2D eigenvalue weighted by Crippen LogP contribution is -2.58. The number of thiol groups is 1. The van der Waals surface area contributed by atoms with Crippen LogP contribution >= 0.6 is 12.6 Å². The topological polar surface area (TPSA) is 240 Å². The van der Waals surface area contributed by atoms with Gasteiger partial charge in [-0.05, 0) is 32.2 Å². The Morgan fingerprint density at radius 3 is 1.90 bits per heavy atom. The highest BCUT2D eigenvalue weighted by atomic mass is 32.1. The van der Waals surface area contributed by atoms with Crippen molar-refractivity contribution in [1.82, 2.24) is 16.0 Å². The summed E-state index contributed by atoms with van der Waals surface area (Å²) < 4.78 is 0. The Bertz CT molecular complexity index is 636. The van der Waals surface area contributed by atoms with Crippen LogP contribution in [0.2, 0.25) is 0 Å². The number of amides is 4. The molecule has 31 heavy (non-hydrogen) atoms. The number of carboxylic acids is 1. The highest BCUT2D eigenvalue weighted by Gasteiger charge is 2.29. The highest BCUT2D eigenvalue weighted by Crippen LogP contribution is 2.04. The summed E-state index contributed by atoms with van der Waals surface area (Å²) >= 11 is 4.01. The third-order valence-corrected chi connectivity index (χ3v) is 4.59. The zero-order chi connectivity index (χ0) is 24.0. The molecule has 11 N–H and O–H groups in total. The number of aliphatic hydroxyl groups is 1. The van der Waals surface area contributed by atoms with Crippen LogP contribution in [0.15, 0.2) is 0 Å². The number of hydrogen-bond acceptors (Lipinski definition) is 9. The molecule has 0 saturated carbocycles. The minimum absolute atomic E-state index is 0.167. The zero-order valence-electron chi connectivity index (χ0n) is 17.1. The van der Waals surface area contributed by atoms with Gasteiger partial charge in [-0.2, -0.15) is 12.6 Å². The second kappa shape index (κ2) is 15.4. The van der Waals surface area contributed by atoms with E-state index in [1.807, 2.05) is 0 Å². The SMILES string of the molecule is NCCCCC(NC(=O)C(N)CO)C(=O)NC(CS)C(=O)NC(CCC(N)=O)C(=O)O. The average Bonchev–Trinajstić information content (AvgIpc) is 2.72. The van der Waals surface area contributed by atoms with Gasteiger partial charge in [-0.15, -0.1) is 0 Å². The maximum absolute atomic E-state index is 12.6. The van der Waals surface area contributed by atoms with Gasteiger partial charge < -0.3 is 43.4 Å². The van der Waals surface area contributed by atoms with Crippen LogP contribution < -0.4 is 33.2 Å². The number of aliphatic hydroxyl groups excluding tert-OH is 1. The van der Waals surface area contributed by atoms with Gasteiger partial charge in [0.05, 0.1) is 6.61 Å². The maximum Gasteiger partial charge on any atom is 0.326 e. The quantitative estimate of drug-likeness (QED) is 0.0801. The monoisotopic (exact) mass is 464 g/mol. The van der Waals surface area contributed by atoms with E-state index in [0.29, 0.717) is 19.4 Å². The Morgan fingerprint density at radius 2 is 1.42 bits per heavy atom. The molecule has 4 atom stereocenters. The lowest BCUT2D eigenvalue weighted by Gasteiger charge is -2.24. The van der Waals surface area contributed by atoms with Crippen molar-refractivity contribution in [2.24, 2.45) is 17.2 Å². The van der Waals surface area contributed by atoms with Crippen LogP contribution in [0.3, 0.4) is 0 Å². The van der Waals surface area contributed by atoms with E-state index in [2.05, 4.69) is 28.6 Å². The van der Waals surface area contributed by atoms with Crippen LogP contribution in [-0.4, -0.2) is 82.9 Å². The van der Waals surface area contributed by atoms with Gasteiger partial charge in [-0.1, -0.05) is 0 Å². The first-order valence-electron chi connectivity index (χ1n) is 9.66. The molecule has 0 aromatic carbocycles. The van der Waals surface area contributed by atoms with Crippen LogP contribution in [0.4, 0.5) is 0 Å². The molecule has 0 bridgehead atoms. The summed E-state index contributed by atoms with van der Waals surface area (Å²) in [6, 6.07) is -4.89. The number of primary amides is 1. The van der Waals surface area contributed by atoms with Crippen molar-refractivity contribution >= 4 is 42.2 Å². The molecule has 178 valence electrons. The fourth-order valence-corrected chi connectivity index (χ4v) is 2.66. The van der Waals surface area contributed by atoms with Crippen molar-refractivity contribution in [3.8, 4) is 0 Å². The zero-order valence-corrected chi connectivity index (χ0v) is 18.0. The molecule has 0 aliphatic heterocycles. The van der Waals surface area contributed by atoms with Crippen molar-refractivity contribution in [2.75, 3.05) is 18.9 Å². The smallest absolute Gasteiger partial charge is 0.326 e. The summed E-state index contributed by atoms with van der Waals surface area (Å²) in [6.07, 6.45) is 0.803. The van der Waals surface area contributed by atoms with E-state index in [0.717, 1.165) is 0 Å². The molecule has 0 aliphatic carbocycles. The van der Waals surface area contributed by atoms with Crippen molar-refractivity contribution in [2.45, 2.75) is 56.3 Å². The lowest BCUT2D eigenvalue weighted by atomic mass is 10.1. The van der Waals surface area contributed by atoms with E-state index >= 15 is 0 Å². The molecule has 0 aromatic heterocycles. The van der Waals surface area contributed by atoms with Gasteiger partial charge in [0.1, 0.15) is 24.2 Å². The summed E-state index contributed by atoms with van der Waals surface area (Å²) in [5.41, 5.74) is 15.9. The lowest BCUT2D eigenvalue weighted by molar-refractivity contribution is -0.142. The molecule has 0 aromatic rings. The van der Waals surface area contributed by atoms with Gasteiger partial charge in [0.25, 0.3) is 0 Å². The number of hydrogen-bond donors (Lipinski definition) is 9. The highest BCUT2D eigenvalue weighted by molar-refractivity contribution is 7.80. The van der Waals surface area contributed by atoms with Gasteiger partial charge in [0, 0.05) is 12.2 Å². The van der Waals surface area contributed by atoms with Gasteiger partial charge in [-0.3, -0.25) is 19.2 Å². The van der Waals surface area contributed by atoms with Crippen LogP contribution in [0, 0.1) is 0 Å². The Hall–Kier alpha value is -2.42. The first-order valence-corrected chi connectivity index (χ1v) is 10.3. The van der Waals surface area contributed by atoms with Gasteiger partial charge in [0.2, 0.25) is 23.6 Å². The molecule has 0 aliphatic rings. The predicted octanol–water partition coefficient (Wildman–Crippen LogP) is -3.83. The number of carbonyl (C=O) groups excluding carboxylic acids is 4. The molecule has 0 rings (SSSR count). The molecule has 14 heteroatoms. The first-order chi connectivity index (χ1) is 14.6. The van der Waals surface area contributed by atoms with Crippen molar-refractivity contribution < 1.29 is 34.2 Å². The van der Waals surface area contributed by atoms with Crippen LogP contribution in [0.1, 0.15) is 32.1 Å². The number of nitrogens with two attached hydrogens (primary N) is 3. The molecule has 0 heterocycles. The number of carbonyl (C=O) groups is 5. The van der Waals surface area contributed by atoms with Crippen molar-refractivity contribution in [1.29, 1.82) is 0 Å². The van der Waals surface area contributed by atoms with Gasteiger partial charge in [-0.25, -0.2) is 4.79 Å². The predicted molar refractivity (Wildman–Crippen MR) is 114 cm³/mol. The van der Waals surface area contributed by atoms with Crippen LogP contribution in [-0.2, 0) is 24.0 Å². The minimum Gasteiger partial charge on any atom is -0.480 e. The van der Waals surface area contributed by atoms with E-state index in [1.165, 1.54) is 0 Å². The summed E-state index contributed by atoms with van der Waals surface area (Å²) in [4.78, 5) is 59.2. The summed E-state index contributed by atoms with van der Waals surface area (Å²) in [5.74, 6) is -4.56. The van der Waals surface area contributed by atoms with E-state index in [-0.39, 0.29) is 25.0 Å². The number of aliphatic carboxylic acids is 1. The molecular weight excluding hydrogens is 432 g/mol. The molecular formula is C17H32N6O7S. The molecule has 0 radical (unpaired) electrons. The third kappa shape index (κ3) is 11.5. The number of rotatable bonds is 16. The maximum atomic E-state index is 12.6. The number of carboxylic acid groups (broad SMARTS) is 1. The van der Waals surface area contributed by atoms with Crippen LogP contribution in [0.25, 0.3) is 0 Å². The summed E-state index contributed by atoms with van der Waals surface area (Å²) in [6.45, 7) is -0.242. The van der Waals surface area contributed by atoms with Crippen molar-refractivity contribution in [3.63, 3.8) is 0 Å². The molecule has 0 saturated heterocycles. The summed E-state index contributed by atoms with van der Waals surface area (Å²) in [7, 11) is 0. The molecule has 0 spiro atoms. The number of nitrogens with one attached hydrogen (secondary N) is 3.